The second-order valence-electron chi connectivity index (χ2n) is 5.66. The molecule has 0 unspecified atom stereocenters. The zero-order chi connectivity index (χ0) is 13.4. The van der Waals surface area contributed by atoms with Crippen LogP contribution in [-0.2, 0) is 0 Å². The minimum absolute atomic E-state index is 0.557. The van der Waals surface area contributed by atoms with Crippen LogP contribution in [0.2, 0.25) is 0 Å². The van der Waals surface area contributed by atoms with E-state index in [-0.39, 0.29) is 0 Å². The molecule has 0 spiro atoms. The first-order valence-electron chi connectivity index (χ1n) is 7.49. The smallest absolute Gasteiger partial charge is 0.140 e. The van der Waals surface area contributed by atoms with E-state index in [1.54, 1.807) is 0 Å². The van der Waals surface area contributed by atoms with Crippen LogP contribution in [-0.4, -0.2) is 41.1 Å². The van der Waals surface area contributed by atoms with Crippen LogP contribution in [0.5, 0.6) is 0 Å². The molecule has 0 bridgehead atoms. The summed E-state index contributed by atoms with van der Waals surface area (Å²) < 4.78 is 0. The summed E-state index contributed by atoms with van der Waals surface area (Å²) in [6.07, 6.45) is 7.47. The molecule has 0 amide bonds. The van der Waals surface area contributed by atoms with Gasteiger partial charge in [-0.25, -0.2) is 9.97 Å². The molecule has 0 atom stereocenters. The molecule has 1 saturated heterocycles. The summed E-state index contributed by atoms with van der Waals surface area (Å²) in [5.74, 6) is 2.67. The van der Waals surface area contributed by atoms with E-state index < -0.39 is 0 Å². The van der Waals surface area contributed by atoms with Gasteiger partial charge >= 0.3 is 0 Å². The summed E-state index contributed by atoms with van der Waals surface area (Å²) in [7, 11) is 0. The summed E-state index contributed by atoms with van der Waals surface area (Å²) in [4.78, 5) is 16.2. The number of aromatic nitrogens is 3. The lowest BCUT2D eigenvalue weighted by atomic mass is 9.85. The molecule has 1 saturated carbocycles. The molecule has 20 heavy (non-hydrogen) atoms. The summed E-state index contributed by atoms with van der Waals surface area (Å²) in [6.45, 7) is 4.07. The van der Waals surface area contributed by atoms with Crippen molar-refractivity contribution in [3.8, 4) is 0 Å². The molecule has 104 valence electrons. The molecule has 1 N–H and O–H groups in total. The van der Waals surface area contributed by atoms with Gasteiger partial charge in [-0.05, 0) is 18.9 Å². The molecule has 5 heteroatoms. The largest absolute Gasteiger partial charge is 0.353 e. The number of hydrogen-bond acceptors (Lipinski definition) is 5. The SMILES string of the molecule is c1cc2c(N3CCNCC3)nc(C3CCC3)nc2cn1. The Labute approximate surface area is 118 Å². The Kier molecular flexibility index (Phi) is 2.99. The molecule has 2 aromatic heterocycles. The minimum atomic E-state index is 0.557. The van der Waals surface area contributed by atoms with Crippen LogP contribution in [0.3, 0.4) is 0 Å². The van der Waals surface area contributed by atoms with Gasteiger partial charge in [0.05, 0.1) is 11.7 Å². The fourth-order valence-corrected chi connectivity index (χ4v) is 2.95. The van der Waals surface area contributed by atoms with Crippen LogP contribution in [0.4, 0.5) is 5.82 Å². The maximum Gasteiger partial charge on any atom is 0.140 e. The van der Waals surface area contributed by atoms with Gasteiger partial charge in [-0.2, -0.15) is 0 Å². The number of piperazine rings is 1. The topological polar surface area (TPSA) is 53.9 Å². The van der Waals surface area contributed by atoms with Crippen LogP contribution in [0, 0.1) is 0 Å². The molecule has 1 aliphatic carbocycles. The fraction of sp³-hybridized carbons (Fsp3) is 0.533. The Hall–Kier alpha value is -1.75. The first-order chi connectivity index (χ1) is 9.92. The lowest BCUT2D eigenvalue weighted by Crippen LogP contribution is -2.44. The van der Waals surface area contributed by atoms with Crippen molar-refractivity contribution < 1.29 is 0 Å². The summed E-state index contributed by atoms with van der Waals surface area (Å²) in [5.41, 5.74) is 0.984. The van der Waals surface area contributed by atoms with E-state index in [9.17, 15) is 0 Å². The van der Waals surface area contributed by atoms with Crippen LogP contribution < -0.4 is 10.2 Å². The zero-order valence-corrected chi connectivity index (χ0v) is 11.5. The van der Waals surface area contributed by atoms with E-state index in [0.29, 0.717) is 5.92 Å². The first-order valence-corrected chi connectivity index (χ1v) is 7.49. The first kappa shape index (κ1) is 12.0. The Morgan fingerprint density at radius 2 is 2.00 bits per heavy atom. The second-order valence-corrected chi connectivity index (χ2v) is 5.66. The Morgan fingerprint density at radius 3 is 2.75 bits per heavy atom. The van der Waals surface area contributed by atoms with Crippen molar-refractivity contribution in [2.24, 2.45) is 0 Å². The number of nitrogens with zero attached hydrogens (tertiary/aromatic N) is 4. The highest BCUT2D eigenvalue weighted by Gasteiger charge is 2.25. The van der Waals surface area contributed by atoms with Gasteiger partial charge in [-0.3, -0.25) is 4.98 Å². The average molecular weight is 269 g/mol. The van der Waals surface area contributed by atoms with Gasteiger partial charge in [0.1, 0.15) is 11.6 Å². The molecule has 4 rings (SSSR count). The van der Waals surface area contributed by atoms with E-state index in [1.165, 1.54) is 19.3 Å². The number of rotatable bonds is 2. The maximum atomic E-state index is 4.91. The molecule has 0 aromatic carbocycles. The van der Waals surface area contributed by atoms with E-state index in [2.05, 4.69) is 15.2 Å². The standard InChI is InChI=1S/C15H19N5/c1-2-11(3-1)14-18-13-10-17-5-4-12(13)15(19-14)20-8-6-16-7-9-20/h4-5,10-11,16H,1-3,6-9H2. The molecule has 2 aromatic rings. The number of fused-ring (bicyclic) bond motifs is 1. The Balaban J connectivity index is 1.82. The van der Waals surface area contributed by atoms with Gasteiger partial charge in [0.15, 0.2) is 0 Å². The van der Waals surface area contributed by atoms with Crippen molar-refractivity contribution in [2.45, 2.75) is 25.2 Å². The molecule has 1 aliphatic heterocycles. The van der Waals surface area contributed by atoms with Gasteiger partial charge in [0.25, 0.3) is 0 Å². The molecule has 2 aliphatic rings. The molecule has 2 fully saturated rings. The lowest BCUT2D eigenvalue weighted by Gasteiger charge is -2.31. The number of pyridine rings is 1. The van der Waals surface area contributed by atoms with Gasteiger partial charge < -0.3 is 10.2 Å². The predicted molar refractivity (Wildman–Crippen MR) is 79.0 cm³/mol. The van der Waals surface area contributed by atoms with Crippen LogP contribution in [0.1, 0.15) is 31.0 Å². The normalized spacial score (nSPS) is 20.1. The highest BCUT2D eigenvalue weighted by atomic mass is 15.2. The zero-order valence-electron chi connectivity index (χ0n) is 11.5. The Morgan fingerprint density at radius 1 is 1.15 bits per heavy atom. The number of anilines is 1. The van der Waals surface area contributed by atoms with Gasteiger partial charge in [-0.1, -0.05) is 6.42 Å². The van der Waals surface area contributed by atoms with Crippen LogP contribution in [0.25, 0.3) is 10.9 Å². The van der Waals surface area contributed by atoms with E-state index >= 15 is 0 Å². The van der Waals surface area contributed by atoms with Crippen molar-refractivity contribution in [1.82, 2.24) is 20.3 Å². The summed E-state index contributed by atoms with van der Waals surface area (Å²) in [5, 5.41) is 4.52. The third-order valence-corrected chi connectivity index (χ3v) is 4.38. The molecule has 5 nitrogen and oxygen atoms in total. The molecular formula is C15H19N5. The molecule has 0 radical (unpaired) electrons. The van der Waals surface area contributed by atoms with Crippen LogP contribution in [0.15, 0.2) is 18.5 Å². The second kappa shape index (κ2) is 4.98. The lowest BCUT2D eigenvalue weighted by molar-refractivity contribution is 0.402. The van der Waals surface area contributed by atoms with Crippen LogP contribution >= 0.6 is 0 Å². The Bertz CT molecular complexity index is 617. The summed E-state index contributed by atoms with van der Waals surface area (Å²) in [6, 6.07) is 2.04. The predicted octanol–water partition coefficient (Wildman–Crippen LogP) is 1.70. The van der Waals surface area contributed by atoms with Crippen molar-refractivity contribution in [3.63, 3.8) is 0 Å². The van der Waals surface area contributed by atoms with Crippen molar-refractivity contribution >= 4 is 16.7 Å². The average Bonchev–Trinajstić information content (AvgIpc) is 2.45. The van der Waals surface area contributed by atoms with Crippen molar-refractivity contribution in [3.05, 3.63) is 24.3 Å². The maximum absolute atomic E-state index is 4.91. The molecular weight excluding hydrogens is 250 g/mol. The highest BCUT2D eigenvalue weighted by molar-refractivity contribution is 5.88. The molecule has 3 heterocycles. The monoisotopic (exact) mass is 269 g/mol. The van der Waals surface area contributed by atoms with Crippen molar-refractivity contribution in [1.29, 1.82) is 0 Å². The van der Waals surface area contributed by atoms with E-state index in [0.717, 1.165) is 48.7 Å². The minimum Gasteiger partial charge on any atom is -0.353 e. The number of nitrogens with one attached hydrogen (secondary N) is 1. The van der Waals surface area contributed by atoms with E-state index in [1.807, 2.05) is 18.5 Å². The quantitative estimate of drug-likeness (QED) is 0.899. The van der Waals surface area contributed by atoms with Crippen molar-refractivity contribution in [2.75, 3.05) is 31.1 Å². The van der Waals surface area contributed by atoms with Gasteiger partial charge in [0.2, 0.25) is 0 Å². The third kappa shape index (κ3) is 2.02. The fourth-order valence-electron chi connectivity index (χ4n) is 2.95. The number of hydrogen-bond donors (Lipinski definition) is 1. The summed E-state index contributed by atoms with van der Waals surface area (Å²) >= 11 is 0. The van der Waals surface area contributed by atoms with Gasteiger partial charge in [0, 0.05) is 43.7 Å². The van der Waals surface area contributed by atoms with Gasteiger partial charge in [-0.15, -0.1) is 0 Å². The third-order valence-electron chi connectivity index (χ3n) is 4.38. The highest BCUT2D eigenvalue weighted by Crippen LogP contribution is 2.36. The van der Waals surface area contributed by atoms with E-state index in [4.69, 9.17) is 9.97 Å².